The summed E-state index contributed by atoms with van der Waals surface area (Å²) in [7, 11) is 0. The Bertz CT molecular complexity index is 548. The zero-order chi connectivity index (χ0) is 12.4. The van der Waals surface area contributed by atoms with E-state index in [-0.39, 0.29) is 6.04 Å². The third-order valence-corrected chi connectivity index (χ3v) is 3.36. The monoisotopic (exact) mass is 256 g/mol. The minimum absolute atomic E-state index is 0.285. The molecule has 90 valence electrons. The van der Waals surface area contributed by atoms with Crippen molar-refractivity contribution in [3.05, 3.63) is 65.2 Å². The lowest BCUT2D eigenvalue weighted by Crippen LogP contribution is -2.18. The highest BCUT2D eigenvalue weighted by molar-refractivity contribution is 6.30. The Labute approximate surface area is 112 Å². The van der Waals surface area contributed by atoms with E-state index in [1.54, 1.807) is 0 Å². The Hall–Kier alpha value is -1.80. The molecule has 3 rings (SSSR count). The van der Waals surface area contributed by atoms with Gasteiger partial charge in [0.2, 0.25) is 0 Å². The number of halogens is 1. The second kappa shape index (κ2) is 4.83. The van der Waals surface area contributed by atoms with Gasteiger partial charge in [0.15, 0.2) is 0 Å². The molecular formula is C15H13ClN2. The normalized spacial score (nSPS) is 18.3. The molecule has 0 amide bonds. The fourth-order valence-corrected chi connectivity index (χ4v) is 2.33. The molecular weight excluding hydrogens is 244 g/mol. The summed E-state index contributed by atoms with van der Waals surface area (Å²) >= 11 is 5.91. The van der Waals surface area contributed by atoms with Crippen molar-refractivity contribution < 1.29 is 0 Å². The standard InChI is InChI=1S/C15H13ClN2/c16-13-6-8-14(9-7-13)18-15(10-11-17-18)12-4-2-1-3-5-12/h1-9,11,15H,10H2/t15-/m0/s1. The average Bonchev–Trinajstić information content (AvgIpc) is 2.90. The molecule has 1 aliphatic rings. The summed E-state index contributed by atoms with van der Waals surface area (Å²) < 4.78 is 0. The minimum atomic E-state index is 0.285. The van der Waals surface area contributed by atoms with E-state index in [2.05, 4.69) is 29.4 Å². The van der Waals surface area contributed by atoms with Crippen LogP contribution >= 0.6 is 11.6 Å². The third-order valence-electron chi connectivity index (χ3n) is 3.11. The molecule has 0 bridgehead atoms. The number of benzene rings is 2. The first-order valence-corrected chi connectivity index (χ1v) is 6.34. The van der Waals surface area contributed by atoms with Gasteiger partial charge in [0.1, 0.15) is 0 Å². The summed E-state index contributed by atoms with van der Waals surface area (Å²) in [6.45, 7) is 0. The van der Waals surface area contributed by atoms with Crippen LogP contribution in [0.25, 0.3) is 0 Å². The van der Waals surface area contributed by atoms with Crippen molar-refractivity contribution >= 4 is 23.5 Å². The highest BCUT2D eigenvalue weighted by Crippen LogP contribution is 2.33. The third kappa shape index (κ3) is 2.12. The maximum absolute atomic E-state index is 5.91. The van der Waals surface area contributed by atoms with Gasteiger partial charge in [-0.25, -0.2) is 0 Å². The molecule has 1 heterocycles. The first-order valence-electron chi connectivity index (χ1n) is 5.97. The molecule has 2 aromatic carbocycles. The average molecular weight is 257 g/mol. The Morgan fingerprint density at radius 1 is 1.00 bits per heavy atom. The van der Waals surface area contributed by atoms with E-state index in [9.17, 15) is 0 Å². The highest BCUT2D eigenvalue weighted by atomic mass is 35.5. The molecule has 0 unspecified atom stereocenters. The molecule has 0 saturated heterocycles. The van der Waals surface area contributed by atoms with Crippen LogP contribution in [0, 0.1) is 0 Å². The fraction of sp³-hybridized carbons (Fsp3) is 0.133. The lowest BCUT2D eigenvalue weighted by Gasteiger charge is -2.24. The van der Waals surface area contributed by atoms with E-state index in [4.69, 9.17) is 11.6 Å². The molecule has 0 N–H and O–H groups in total. The van der Waals surface area contributed by atoms with Crippen LogP contribution < -0.4 is 5.01 Å². The SMILES string of the molecule is Clc1ccc(N2N=CC[C@H]2c2ccccc2)cc1. The van der Waals surface area contributed by atoms with E-state index in [0.29, 0.717) is 0 Å². The summed E-state index contributed by atoms with van der Waals surface area (Å²) in [5.74, 6) is 0. The largest absolute Gasteiger partial charge is 0.258 e. The Kier molecular flexibility index (Phi) is 3.03. The van der Waals surface area contributed by atoms with Crippen LogP contribution in [0.3, 0.4) is 0 Å². The van der Waals surface area contributed by atoms with Gasteiger partial charge < -0.3 is 0 Å². The number of nitrogens with zero attached hydrogens (tertiary/aromatic N) is 2. The smallest absolute Gasteiger partial charge is 0.0825 e. The van der Waals surface area contributed by atoms with Gasteiger partial charge in [-0.05, 0) is 29.8 Å². The summed E-state index contributed by atoms with van der Waals surface area (Å²) in [4.78, 5) is 0. The van der Waals surface area contributed by atoms with E-state index < -0.39 is 0 Å². The molecule has 0 aromatic heterocycles. The second-order valence-electron chi connectivity index (χ2n) is 4.28. The Morgan fingerprint density at radius 3 is 2.44 bits per heavy atom. The van der Waals surface area contributed by atoms with Crippen LogP contribution in [-0.2, 0) is 0 Å². The maximum Gasteiger partial charge on any atom is 0.0825 e. The zero-order valence-electron chi connectivity index (χ0n) is 9.83. The lowest BCUT2D eigenvalue weighted by atomic mass is 10.0. The van der Waals surface area contributed by atoms with Crippen LogP contribution in [0.15, 0.2) is 59.7 Å². The van der Waals surface area contributed by atoms with Crippen molar-refractivity contribution in [3.63, 3.8) is 0 Å². The number of rotatable bonds is 2. The molecule has 0 aliphatic carbocycles. The van der Waals surface area contributed by atoms with Crippen LogP contribution in [0.4, 0.5) is 5.69 Å². The van der Waals surface area contributed by atoms with Crippen molar-refractivity contribution in [1.82, 2.24) is 0 Å². The van der Waals surface area contributed by atoms with Crippen molar-refractivity contribution in [2.45, 2.75) is 12.5 Å². The quantitative estimate of drug-likeness (QED) is 0.783. The molecule has 0 fully saturated rings. The zero-order valence-corrected chi connectivity index (χ0v) is 10.6. The van der Waals surface area contributed by atoms with Crippen LogP contribution in [0.5, 0.6) is 0 Å². The fourth-order valence-electron chi connectivity index (χ4n) is 2.21. The van der Waals surface area contributed by atoms with Crippen LogP contribution in [0.2, 0.25) is 5.02 Å². The molecule has 2 aromatic rings. The Morgan fingerprint density at radius 2 is 1.72 bits per heavy atom. The summed E-state index contributed by atoms with van der Waals surface area (Å²) in [5, 5.41) is 7.25. The lowest BCUT2D eigenvalue weighted by molar-refractivity contribution is 0.710. The van der Waals surface area contributed by atoms with Gasteiger partial charge in [-0.3, -0.25) is 5.01 Å². The minimum Gasteiger partial charge on any atom is -0.258 e. The molecule has 0 radical (unpaired) electrons. The topological polar surface area (TPSA) is 15.6 Å². The summed E-state index contributed by atoms with van der Waals surface area (Å²) in [6, 6.07) is 18.5. The Balaban J connectivity index is 1.91. The van der Waals surface area contributed by atoms with E-state index >= 15 is 0 Å². The number of hydrogen-bond donors (Lipinski definition) is 0. The first-order chi connectivity index (χ1) is 8.84. The summed E-state index contributed by atoms with van der Waals surface area (Å²) in [6.07, 6.45) is 2.90. The van der Waals surface area contributed by atoms with Gasteiger partial charge in [0.05, 0.1) is 11.7 Å². The maximum atomic E-state index is 5.91. The van der Waals surface area contributed by atoms with Crippen LogP contribution in [0.1, 0.15) is 18.0 Å². The highest BCUT2D eigenvalue weighted by Gasteiger charge is 2.23. The molecule has 2 nitrogen and oxygen atoms in total. The van der Waals surface area contributed by atoms with Crippen molar-refractivity contribution in [1.29, 1.82) is 0 Å². The first kappa shape index (κ1) is 11.3. The number of anilines is 1. The molecule has 0 spiro atoms. The van der Waals surface area contributed by atoms with E-state index in [0.717, 1.165) is 17.1 Å². The van der Waals surface area contributed by atoms with E-state index in [1.807, 2.05) is 41.6 Å². The molecule has 3 heteroatoms. The molecule has 0 saturated carbocycles. The number of hydrazone groups is 1. The van der Waals surface area contributed by atoms with Gasteiger partial charge >= 0.3 is 0 Å². The van der Waals surface area contributed by atoms with Gasteiger partial charge in [0, 0.05) is 17.7 Å². The van der Waals surface area contributed by atoms with Crippen molar-refractivity contribution in [2.75, 3.05) is 5.01 Å². The summed E-state index contributed by atoms with van der Waals surface area (Å²) in [5.41, 5.74) is 2.35. The second-order valence-corrected chi connectivity index (χ2v) is 4.72. The molecule has 1 atom stereocenters. The predicted octanol–water partition coefficient (Wildman–Crippen LogP) is 4.28. The van der Waals surface area contributed by atoms with Gasteiger partial charge in [-0.2, -0.15) is 5.10 Å². The van der Waals surface area contributed by atoms with Crippen molar-refractivity contribution in [3.8, 4) is 0 Å². The van der Waals surface area contributed by atoms with Gasteiger partial charge in [-0.15, -0.1) is 0 Å². The predicted molar refractivity (Wildman–Crippen MR) is 76.2 cm³/mol. The van der Waals surface area contributed by atoms with Crippen molar-refractivity contribution in [2.24, 2.45) is 5.10 Å². The number of hydrogen-bond acceptors (Lipinski definition) is 2. The van der Waals surface area contributed by atoms with Gasteiger partial charge in [0.25, 0.3) is 0 Å². The van der Waals surface area contributed by atoms with Crippen LogP contribution in [-0.4, -0.2) is 6.21 Å². The van der Waals surface area contributed by atoms with Gasteiger partial charge in [-0.1, -0.05) is 41.9 Å². The molecule has 18 heavy (non-hydrogen) atoms. The molecule has 1 aliphatic heterocycles. The van der Waals surface area contributed by atoms with E-state index in [1.165, 1.54) is 5.56 Å².